The fourth-order valence-electron chi connectivity index (χ4n) is 4.06. The number of nitrogens with zero attached hydrogens (tertiary/aromatic N) is 4. The number of nitrogens with two attached hydrogens (primary N) is 1. The first-order chi connectivity index (χ1) is 14.4. The Morgan fingerprint density at radius 1 is 1.17 bits per heavy atom. The Morgan fingerprint density at radius 3 is 2.70 bits per heavy atom. The van der Waals surface area contributed by atoms with Crippen LogP contribution in [0.4, 0.5) is 17.2 Å². The lowest BCUT2D eigenvalue weighted by Crippen LogP contribution is -2.36. The highest BCUT2D eigenvalue weighted by Gasteiger charge is 2.26. The molecule has 2 saturated heterocycles. The van der Waals surface area contributed by atoms with Crippen molar-refractivity contribution >= 4 is 29.0 Å². The van der Waals surface area contributed by atoms with E-state index < -0.39 is 0 Å². The molecule has 0 radical (unpaired) electrons. The molecule has 0 aliphatic carbocycles. The number of carbonyl (C=O) groups is 2. The van der Waals surface area contributed by atoms with Gasteiger partial charge in [0.15, 0.2) is 0 Å². The molecule has 1 aromatic heterocycles. The van der Waals surface area contributed by atoms with Crippen molar-refractivity contribution in [3.63, 3.8) is 0 Å². The minimum absolute atomic E-state index is 0.0815. The summed E-state index contributed by atoms with van der Waals surface area (Å²) >= 11 is 0. The van der Waals surface area contributed by atoms with Crippen LogP contribution in [-0.4, -0.2) is 47.5 Å². The average molecular weight is 409 g/mol. The van der Waals surface area contributed by atoms with Crippen LogP contribution in [0, 0.1) is 13.8 Å². The number of hydrogen-bond donors (Lipinski definition) is 2. The molecule has 0 bridgehead atoms. The van der Waals surface area contributed by atoms with Crippen molar-refractivity contribution in [3.05, 3.63) is 41.3 Å². The van der Waals surface area contributed by atoms with Gasteiger partial charge < -0.3 is 20.9 Å². The van der Waals surface area contributed by atoms with Gasteiger partial charge in [0.25, 0.3) is 5.91 Å². The molecule has 8 nitrogen and oxygen atoms in total. The molecule has 1 atom stereocenters. The third-order valence-electron chi connectivity index (χ3n) is 5.86. The lowest BCUT2D eigenvalue weighted by molar-refractivity contribution is -0.119. The Bertz CT molecular complexity index is 976. The quantitative estimate of drug-likeness (QED) is 0.805. The maximum Gasteiger partial charge on any atom is 0.293 e. The molecule has 2 aliphatic heterocycles. The van der Waals surface area contributed by atoms with Gasteiger partial charge in [0.05, 0.1) is 11.4 Å². The number of rotatable bonds is 4. The van der Waals surface area contributed by atoms with Crippen LogP contribution in [0.1, 0.15) is 47.6 Å². The molecule has 0 saturated carbocycles. The Labute approximate surface area is 176 Å². The van der Waals surface area contributed by atoms with Crippen molar-refractivity contribution in [1.29, 1.82) is 0 Å². The van der Waals surface area contributed by atoms with Crippen molar-refractivity contribution in [1.82, 2.24) is 9.97 Å². The summed E-state index contributed by atoms with van der Waals surface area (Å²) in [5.41, 5.74) is 9.08. The van der Waals surface area contributed by atoms with Gasteiger partial charge in [-0.2, -0.15) is 0 Å². The van der Waals surface area contributed by atoms with E-state index in [0.29, 0.717) is 24.3 Å². The number of benzene rings is 1. The average Bonchev–Trinajstić information content (AvgIpc) is 3.17. The molecule has 1 aromatic carbocycles. The maximum atomic E-state index is 13.0. The topological polar surface area (TPSA) is 104 Å². The fourth-order valence-corrected chi connectivity index (χ4v) is 4.06. The molecular weight excluding hydrogens is 380 g/mol. The van der Waals surface area contributed by atoms with E-state index in [1.807, 2.05) is 32.0 Å². The first kappa shape index (κ1) is 20.3. The summed E-state index contributed by atoms with van der Waals surface area (Å²) < 4.78 is 0. The number of aromatic nitrogens is 2. The lowest BCUT2D eigenvalue weighted by atomic mass is 10.1. The zero-order chi connectivity index (χ0) is 21.3. The van der Waals surface area contributed by atoms with E-state index in [4.69, 9.17) is 5.73 Å². The second-order valence-electron chi connectivity index (χ2n) is 8.05. The molecule has 0 unspecified atom stereocenters. The molecule has 8 heteroatoms. The molecule has 2 aliphatic rings. The molecule has 3 N–H and O–H groups in total. The molecule has 2 fully saturated rings. The Hall–Kier alpha value is -3.00. The minimum Gasteiger partial charge on any atom is -0.355 e. The molecule has 158 valence electrons. The number of aryl methyl sites for hydroxylation is 1. The monoisotopic (exact) mass is 408 g/mol. The normalized spacial score (nSPS) is 19.3. The van der Waals surface area contributed by atoms with Crippen LogP contribution in [0.3, 0.4) is 0 Å². The van der Waals surface area contributed by atoms with E-state index in [2.05, 4.69) is 20.2 Å². The summed E-state index contributed by atoms with van der Waals surface area (Å²) in [6, 6.07) is 7.49. The van der Waals surface area contributed by atoms with E-state index in [9.17, 15) is 9.59 Å². The number of hydrogen-bond acceptors (Lipinski definition) is 6. The van der Waals surface area contributed by atoms with Gasteiger partial charge in [-0.05, 0) is 45.2 Å². The number of piperidine rings is 1. The van der Waals surface area contributed by atoms with Gasteiger partial charge in [0.2, 0.25) is 11.7 Å². The van der Waals surface area contributed by atoms with Gasteiger partial charge in [-0.25, -0.2) is 9.97 Å². The van der Waals surface area contributed by atoms with Crippen molar-refractivity contribution in [2.24, 2.45) is 5.73 Å². The Balaban J connectivity index is 1.61. The largest absolute Gasteiger partial charge is 0.355 e. The standard InChI is InChI=1S/C22H28N6O2/c1-14-15(2)24-20(26-21(14)27-12-10-16(23)13-27)22(30)25-17-7-3-4-8-18(17)28-11-6-5-9-19(28)29/h3-4,7-8,16H,5-6,9-13,23H2,1-2H3,(H,25,30)/t16-/m1/s1. The van der Waals surface area contributed by atoms with Crippen molar-refractivity contribution in [2.75, 3.05) is 34.8 Å². The van der Waals surface area contributed by atoms with E-state index in [1.54, 1.807) is 11.0 Å². The number of carbonyl (C=O) groups excluding carboxylic acids is 2. The van der Waals surface area contributed by atoms with Crippen LogP contribution < -0.4 is 20.9 Å². The maximum absolute atomic E-state index is 13.0. The zero-order valence-corrected chi connectivity index (χ0v) is 17.5. The second-order valence-corrected chi connectivity index (χ2v) is 8.05. The summed E-state index contributed by atoms with van der Waals surface area (Å²) in [5.74, 6) is 0.575. The van der Waals surface area contributed by atoms with E-state index in [1.165, 1.54) is 0 Å². The van der Waals surface area contributed by atoms with Crippen LogP contribution in [-0.2, 0) is 4.79 Å². The van der Waals surface area contributed by atoms with E-state index in [-0.39, 0.29) is 23.7 Å². The highest BCUT2D eigenvalue weighted by Crippen LogP contribution is 2.29. The number of anilines is 3. The van der Waals surface area contributed by atoms with Gasteiger partial charge in [-0.3, -0.25) is 9.59 Å². The molecule has 30 heavy (non-hydrogen) atoms. The van der Waals surface area contributed by atoms with Crippen molar-refractivity contribution < 1.29 is 9.59 Å². The third kappa shape index (κ3) is 4.00. The van der Waals surface area contributed by atoms with Crippen LogP contribution in [0.25, 0.3) is 0 Å². The number of para-hydroxylation sites is 2. The SMILES string of the molecule is Cc1nc(C(=O)Nc2ccccc2N2CCCCC2=O)nc(N2CC[C@@H](N)C2)c1C. The van der Waals surface area contributed by atoms with Gasteiger partial charge in [-0.15, -0.1) is 0 Å². The molecule has 4 rings (SSSR count). The van der Waals surface area contributed by atoms with Gasteiger partial charge in [-0.1, -0.05) is 12.1 Å². The van der Waals surface area contributed by atoms with Crippen LogP contribution in [0.2, 0.25) is 0 Å². The first-order valence-electron chi connectivity index (χ1n) is 10.5. The predicted octanol–water partition coefficient (Wildman–Crippen LogP) is 2.40. The molecule has 0 spiro atoms. The highest BCUT2D eigenvalue weighted by molar-refractivity contribution is 6.06. The van der Waals surface area contributed by atoms with Crippen molar-refractivity contribution in [2.45, 2.75) is 45.6 Å². The molecule has 3 heterocycles. The Kier molecular flexibility index (Phi) is 5.67. The van der Waals surface area contributed by atoms with Gasteiger partial charge >= 0.3 is 0 Å². The summed E-state index contributed by atoms with van der Waals surface area (Å²) in [4.78, 5) is 38.3. The summed E-state index contributed by atoms with van der Waals surface area (Å²) in [6.45, 7) is 6.05. The van der Waals surface area contributed by atoms with Gasteiger partial charge in [0.1, 0.15) is 5.82 Å². The smallest absolute Gasteiger partial charge is 0.293 e. The van der Waals surface area contributed by atoms with Gasteiger partial charge in [0, 0.05) is 43.4 Å². The third-order valence-corrected chi connectivity index (χ3v) is 5.86. The van der Waals surface area contributed by atoms with Crippen LogP contribution in [0.15, 0.2) is 24.3 Å². The number of amides is 2. The highest BCUT2D eigenvalue weighted by atomic mass is 16.2. The molecule has 2 amide bonds. The predicted molar refractivity (Wildman–Crippen MR) is 117 cm³/mol. The molecular formula is C22H28N6O2. The summed E-state index contributed by atoms with van der Waals surface area (Å²) in [7, 11) is 0. The molecule has 2 aromatic rings. The zero-order valence-electron chi connectivity index (χ0n) is 17.5. The summed E-state index contributed by atoms with van der Waals surface area (Å²) in [6.07, 6.45) is 3.30. The van der Waals surface area contributed by atoms with E-state index in [0.717, 1.165) is 49.4 Å². The second kappa shape index (κ2) is 8.39. The first-order valence-corrected chi connectivity index (χ1v) is 10.5. The Morgan fingerprint density at radius 2 is 1.97 bits per heavy atom. The lowest BCUT2D eigenvalue weighted by Gasteiger charge is -2.28. The summed E-state index contributed by atoms with van der Waals surface area (Å²) in [5, 5.41) is 2.92. The van der Waals surface area contributed by atoms with E-state index >= 15 is 0 Å². The van der Waals surface area contributed by atoms with Crippen molar-refractivity contribution in [3.8, 4) is 0 Å². The van der Waals surface area contributed by atoms with Crippen LogP contribution >= 0.6 is 0 Å². The fraction of sp³-hybridized carbons (Fsp3) is 0.455. The minimum atomic E-state index is -0.389. The number of nitrogens with one attached hydrogen (secondary N) is 1. The van der Waals surface area contributed by atoms with Crippen LogP contribution in [0.5, 0.6) is 0 Å².